The lowest BCUT2D eigenvalue weighted by Crippen LogP contribution is -2.12. The lowest BCUT2D eigenvalue weighted by molar-refractivity contribution is -0.116. The summed E-state index contributed by atoms with van der Waals surface area (Å²) in [5.74, 6) is 0.265. The van der Waals surface area contributed by atoms with Gasteiger partial charge in [-0.05, 0) is 73.7 Å². The monoisotopic (exact) mass is 283 g/mol. The number of amides is 1. The molecule has 0 saturated heterocycles. The molecule has 1 amide bonds. The Morgan fingerprint density at radius 1 is 1.00 bits per heavy atom. The van der Waals surface area contributed by atoms with Crippen LogP contribution in [0.2, 0.25) is 0 Å². The van der Waals surface area contributed by atoms with Gasteiger partial charge in [-0.3, -0.25) is 4.79 Å². The van der Waals surface area contributed by atoms with Crippen molar-refractivity contribution in [2.45, 2.75) is 33.6 Å². The van der Waals surface area contributed by atoms with Crippen molar-refractivity contribution >= 4 is 11.6 Å². The molecule has 3 nitrogen and oxygen atoms in total. The average Bonchev–Trinajstić information content (AvgIpc) is 2.42. The topological polar surface area (TPSA) is 49.3 Å². The summed E-state index contributed by atoms with van der Waals surface area (Å²) in [5, 5.41) is 12.3. The largest absolute Gasteiger partial charge is 0.508 e. The van der Waals surface area contributed by atoms with Crippen molar-refractivity contribution in [3.05, 3.63) is 58.7 Å². The van der Waals surface area contributed by atoms with Crippen molar-refractivity contribution in [1.29, 1.82) is 0 Å². The predicted octanol–water partition coefficient (Wildman–Crippen LogP) is 3.89. The van der Waals surface area contributed by atoms with E-state index in [2.05, 4.69) is 12.2 Å². The summed E-state index contributed by atoms with van der Waals surface area (Å²) in [6.45, 7) is 6.02. The molecule has 0 heterocycles. The number of aryl methyl sites for hydroxylation is 4. The smallest absolute Gasteiger partial charge is 0.224 e. The Hall–Kier alpha value is -2.29. The van der Waals surface area contributed by atoms with E-state index in [1.54, 1.807) is 12.1 Å². The first-order valence-electron chi connectivity index (χ1n) is 7.11. The van der Waals surface area contributed by atoms with Gasteiger partial charge in [0.25, 0.3) is 0 Å². The maximum Gasteiger partial charge on any atom is 0.224 e. The Balaban J connectivity index is 1.94. The van der Waals surface area contributed by atoms with Gasteiger partial charge in [0.1, 0.15) is 5.75 Å². The minimum atomic E-state index is 0.00530. The summed E-state index contributed by atoms with van der Waals surface area (Å²) >= 11 is 0. The van der Waals surface area contributed by atoms with Crippen molar-refractivity contribution in [3.63, 3.8) is 0 Å². The van der Waals surface area contributed by atoms with Crippen LogP contribution in [0.4, 0.5) is 5.69 Å². The highest BCUT2D eigenvalue weighted by Crippen LogP contribution is 2.18. The Labute approximate surface area is 125 Å². The molecular weight excluding hydrogens is 262 g/mol. The number of hydrogen-bond donors (Lipinski definition) is 2. The fourth-order valence-electron chi connectivity index (χ4n) is 2.25. The van der Waals surface area contributed by atoms with Crippen LogP contribution in [-0.2, 0) is 11.2 Å². The summed E-state index contributed by atoms with van der Waals surface area (Å²) in [6.07, 6.45) is 1.10. The fraction of sp³-hybridized carbons (Fsp3) is 0.278. The number of phenolic OH excluding ortho intramolecular Hbond substituents is 1. The summed E-state index contributed by atoms with van der Waals surface area (Å²) in [4.78, 5) is 12.0. The van der Waals surface area contributed by atoms with Crippen molar-refractivity contribution in [2.24, 2.45) is 0 Å². The van der Waals surface area contributed by atoms with Gasteiger partial charge in [0, 0.05) is 12.1 Å². The second kappa shape index (κ2) is 6.44. The standard InChI is InChI=1S/C18H21NO2/c1-12-4-7-16(10-13(12)2)19-18(21)9-6-15-5-8-17(20)11-14(15)3/h4-5,7-8,10-11,20H,6,9H2,1-3H3,(H,19,21). The first-order chi connectivity index (χ1) is 9.95. The third-order valence-electron chi connectivity index (χ3n) is 3.74. The molecule has 0 spiro atoms. The predicted molar refractivity (Wildman–Crippen MR) is 85.7 cm³/mol. The zero-order valence-corrected chi connectivity index (χ0v) is 12.7. The van der Waals surface area contributed by atoms with Crippen molar-refractivity contribution in [3.8, 4) is 5.75 Å². The fourth-order valence-corrected chi connectivity index (χ4v) is 2.25. The molecule has 0 aliphatic heterocycles. The molecule has 2 rings (SSSR count). The van der Waals surface area contributed by atoms with Crippen LogP contribution in [0.1, 0.15) is 28.7 Å². The van der Waals surface area contributed by atoms with Gasteiger partial charge in [-0.1, -0.05) is 12.1 Å². The molecule has 0 radical (unpaired) electrons. The van der Waals surface area contributed by atoms with E-state index < -0.39 is 0 Å². The molecule has 2 N–H and O–H groups in total. The summed E-state index contributed by atoms with van der Waals surface area (Å²) in [6, 6.07) is 11.2. The van der Waals surface area contributed by atoms with Gasteiger partial charge < -0.3 is 10.4 Å². The molecule has 0 bridgehead atoms. The number of phenols is 1. The number of benzene rings is 2. The van der Waals surface area contributed by atoms with Gasteiger partial charge in [-0.2, -0.15) is 0 Å². The van der Waals surface area contributed by atoms with Crippen molar-refractivity contribution in [1.82, 2.24) is 0 Å². The van der Waals surface area contributed by atoms with Crippen LogP contribution >= 0.6 is 0 Å². The number of rotatable bonds is 4. The molecule has 0 aromatic heterocycles. The third-order valence-corrected chi connectivity index (χ3v) is 3.74. The quantitative estimate of drug-likeness (QED) is 0.894. The Bertz CT molecular complexity index is 662. The third kappa shape index (κ3) is 4.09. The van der Waals surface area contributed by atoms with Crippen molar-refractivity contribution in [2.75, 3.05) is 5.32 Å². The second-order valence-corrected chi connectivity index (χ2v) is 5.46. The number of aromatic hydroxyl groups is 1. The van der Waals surface area contributed by atoms with Gasteiger partial charge in [-0.25, -0.2) is 0 Å². The van der Waals surface area contributed by atoms with Gasteiger partial charge in [0.05, 0.1) is 0 Å². The molecule has 0 unspecified atom stereocenters. The molecule has 0 saturated carbocycles. The van der Waals surface area contributed by atoms with Gasteiger partial charge in [0.2, 0.25) is 5.91 Å². The highest BCUT2D eigenvalue weighted by atomic mass is 16.3. The van der Waals surface area contributed by atoms with E-state index in [1.165, 1.54) is 11.1 Å². The van der Waals surface area contributed by atoms with E-state index in [9.17, 15) is 9.90 Å². The maximum absolute atomic E-state index is 12.0. The molecule has 0 aliphatic carbocycles. The molecule has 0 aliphatic rings. The minimum Gasteiger partial charge on any atom is -0.508 e. The molecule has 2 aromatic rings. The number of carbonyl (C=O) groups excluding carboxylic acids is 1. The molecule has 0 fully saturated rings. The molecule has 2 aromatic carbocycles. The van der Waals surface area contributed by atoms with Crippen LogP contribution in [0.5, 0.6) is 5.75 Å². The van der Waals surface area contributed by atoms with E-state index in [0.717, 1.165) is 16.8 Å². The lowest BCUT2D eigenvalue weighted by atomic mass is 10.0. The highest BCUT2D eigenvalue weighted by Gasteiger charge is 2.06. The van der Waals surface area contributed by atoms with E-state index in [4.69, 9.17) is 0 Å². The summed E-state index contributed by atoms with van der Waals surface area (Å²) in [7, 11) is 0. The normalized spacial score (nSPS) is 10.4. The van der Waals surface area contributed by atoms with Gasteiger partial charge in [-0.15, -0.1) is 0 Å². The van der Waals surface area contributed by atoms with Gasteiger partial charge in [0.15, 0.2) is 0 Å². The zero-order chi connectivity index (χ0) is 15.4. The van der Waals surface area contributed by atoms with E-state index in [1.807, 2.05) is 38.1 Å². The van der Waals surface area contributed by atoms with Crippen LogP contribution in [0, 0.1) is 20.8 Å². The minimum absolute atomic E-state index is 0.00530. The zero-order valence-electron chi connectivity index (χ0n) is 12.7. The van der Waals surface area contributed by atoms with E-state index in [0.29, 0.717) is 12.8 Å². The van der Waals surface area contributed by atoms with Crippen LogP contribution in [0.25, 0.3) is 0 Å². The van der Waals surface area contributed by atoms with Crippen molar-refractivity contribution < 1.29 is 9.90 Å². The molecule has 3 heteroatoms. The van der Waals surface area contributed by atoms with Crippen LogP contribution in [-0.4, -0.2) is 11.0 Å². The van der Waals surface area contributed by atoms with E-state index in [-0.39, 0.29) is 11.7 Å². The number of carbonyl (C=O) groups is 1. The molecule has 110 valence electrons. The first-order valence-corrected chi connectivity index (χ1v) is 7.11. The Morgan fingerprint density at radius 2 is 1.76 bits per heavy atom. The number of hydrogen-bond acceptors (Lipinski definition) is 2. The van der Waals surface area contributed by atoms with E-state index >= 15 is 0 Å². The Kier molecular flexibility index (Phi) is 4.63. The van der Waals surface area contributed by atoms with Crippen LogP contribution in [0.3, 0.4) is 0 Å². The SMILES string of the molecule is Cc1ccc(NC(=O)CCc2ccc(O)cc2C)cc1C. The lowest BCUT2D eigenvalue weighted by Gasteiger charge is -2.09. The second-order valence-electron chi connectivity index (χ2n) is 5.46. The first kappa shape index (κ1) is 15.1. The highest BCUT2D eigenvalue weighted by molar-refractivity contribution is 5.91. The summed E-state index contributed by atoms with van der Waals surface area (Å²) in [5.41, 5.74) is 5.32. The molecular formula is C18H21NO2. The van der Waals surface area contributed by atoms with Crippen LogP contribution < -0.4 is 5.32 Å². The number of nitrogens with one attached hydrogen (secondary N) is 1. The number of anilines is 1. The summed E-state index contributed by atoms with van der Waals surface area (Å²) < 4.78 is 0. The molecule has 0 atom stereocenters. The Morgan fingerprint density at radius 3 is 2.43 bits per heavy atom. The molecule has 21 heavy (non-hydrogen) atoms. The maximum atomic E-state index is 12.0. The average molecular weight is 283 g/mol. The van der Waals surface area contributed by atoms with Crippen LogP contribution in [0.15, 0.2) is 36.4 Å². The van der Waals surface area contributed by atoms with Gasteiger partial charge >= 0.3 is 0 Å².